The normalized spacial score (nSPS) is 16.4. The predicted molar refractivity (Wildman–Crippen MR) is 119 cm³/mol. The lowest BCUT2D eigenvalue weighted by atomic mass is 9.87. The van der Waals surface area contributed by atoms with Crippen LogP contribution in [0.3, 0.4) is 0 Å². The topological polar surface area (TPSA) is 9.23 Å². The van der Waals surface area contributed by atoms with Crippen LogP contribution in [-0.4, -0.2) is 6.61 Å². The fraction of sp³-hybridized carbons (Fsp3) is 0.259. The molecule has 0 fully saturated rings. The molecule has 28 heavy (non-hydrogen) atoms. The van der Waals surface area contributed by atoms with Crippen LogP contribution in [0.25, 0.3) is 11.6 Å². The van der Waals surface area contributed by atoms with Crippen molar-refractivity contribution in [3.63, 3.8) is 0 Å². The van der Waals surface area contributed by atoms with Crippen molar-refractivity contribution in [3.05, 3.63) is 101 Å². The molecule has 142 valence electrons. The van der Waals surface area contributed by atoms with Gasteiger partial charge in [0, 0.05) is 11.8 Å². The second-order valence-electron chi connectivity index (χ2n) is 7.54. The highest BCUT2D eigenvalue weighted by Crippen LogP contribution is 2.43. The van der Waals surface area contributed by atoms with Gasteiger partial charge in [0.1, 0.15) is 5.75 Å². The van der Waals surface area contributed by atoms with E-state index < -0.39 is 0 Å². The molecule has 3 aromatic carbocycles. The van der Waals surface area contributed by atoms with Crippen LogP contribution in [0.15, 0.2) is 72.8 Å². The van der Waals surface area contributed by atoms with E-state index in [0.717, 1.165) is 12.2 Å². The summed E-state index contributed by atoms with van der Waals surface area (Å²) in [5.74, 6) is 1.80. The van der Waals surface area contributed by atoms with Gasteiger partial charge in [-0.1, -0.05) is 80.6 Å². The minimum Gasteiger partial charge on any atom is -0.494 e. The molecule has 2 unspecified atom stereocenters. The van der Waals surface area contributed by atoms with Gasteiger partial charge >= 0.3 is 0 Å². The molecule has 0 N–H and O–H groups in total. The van der Waals surface area contributed by atoms with Gasteiger partial charge in [-0.3, -0.25) is 0 Å². The van der Waals surface area contributed by atoms with Gasteiger partial charge in [0.2, 0.25) is 0 Å². The molecule has 0 radical (unpaired) electrons. The van der Waals surface area contributed by atoms with Gasteiger partial charge in [0.25, 0.3) is 0 Å². The molecule has 0 aromatic heterocycles. The number of fused-ring (bicyclic) bond motifs is 1. The Morgan fingerprint density at radius 1 is 0.821 bits per heavy atom. The summed E-state index contributed by atoms with van der Waals surface area (Å²) in [5, 5.41) is 0. The lowest BCUT2D eigenvalue weighted by Gasteiger charge is -2.17. The Balaban J connectivity index is 1.56. The molecular weight excluding hydrogens is 340 g/mol. The van der Waals surface area contributed by atoms with Crippen LogP contribution >= 0.6 is 0 Å². The molecule has 0 spiro atoms. The zero-order chi connectivity index (χ0) is 19.5. The Bertz CT molecular complexity index is 964. The highest BCUT2D eigenvalue weighted by atomic mass is 16.5. The zero-order valence-corrected chi connectivity index (χ0v) is 17.0. The number of rotatable bonds is 6. The lowest BCUT2D eigenvalue weighted by Crippen LogP contribution is -1.99. The van der Waals surface area contributed by atoms with E-state index >= 15 is 0 Å². The summed E-state index contributed by atoms with van der Waals surface area (Å²) in [5.41, 5.74) is 8.28. The van der Waals surface area contributed by atoms with E-state index in [2.05, 4.69) is 92.7 Å². The van der Waals surface area contributed by atoms with Crippen LogP contribution in [0.4, 0.5) is 0 Å². The molecule has 3 aromatic rings. The molecule has 0 amide bonds. The van der Waals surface area contributed by atoms with Crippen LogP contribution in [0.1, 0.15) is 66.8 Å². The van der Waals surface area contributed by atoms with Gasteiger partial charge in [-0.05, 0) is 58.9 Å². The molecule has 1 heteroatoms. The molecule has 1 nitrogen and oxygen atoms in total. The zero-order valence-electron chi connectivity index (χ0n) is 17.0. The maximum absolute atomic E-state index is 5.56. The number of hydrogen-bond donors (Lipinski definition) is 0. The second-order valence-corrected chi connectivity index (χ2v) is 7.54. The van der Waals surface area contributed by atoms with Crippen LogP contribution < -0.4 is 4.74 Å². The van der Waals surface area contributed by atoms with Gasteiger partial charge in [0.15, 0.2) is 0 Å². The van der Waals surface area contributed by atoms with Gasteiger partial charge < -0.3 is 4.74 Å². The van der Waals surface area contributed by atoms with Crippen molar-refractivity contribution in [1.82, 2.24) is 0 Å². The van der Waals surface area contributed by atoms with E-state index in [1.807, 2.05) is 6.92 Å². The Morgan fingerprint density at radius 3 is 2.11 bits per heavy atom. The summed E-state index contributed by atoms with van der Waals surface area (Å²) in [6.07, 6.45) is 3.50. The SMILES string of the molecule is CCOc1ccc(C(C)c2ccc(C3=Cc4ccccc4C3CC)cc2)cc1. The molecule has 0 saturated carbocycles. The number of hydrogen-bond acceptors (Lipinski definition) is 1. The van der Waals surface area contributed by atoms with E-state index in [-0.39, 0.29) is 0 Å². The van der Waals surface area contributed by atoms with Crippen molar-refractivity contribution in [2.75, 3.05) is 6.61 Å². The van der Waals surface area contributed by atoms with E-state index in [0.29, 0.717) is 18.4 Å². The molecule has 0 aliphatic heterocycles. The summed E-state index contributed by atoms with van der Waals surface area (Å²) < 4.78 is 5.56. The highest BCUT2D eigenvalue weighted by molar-refractivity contribution is 5.91. The molecule has 4 rings (SSSR count). The minimum absolute atomic E-state index is 0.362. The standard InChI is InChI=1S/C27H28O/c1-4-25-26-9-7-6-8-23(26)18-27(25)22-12-10-20(11-13-22)19(3)21-14-16-24(17-15-21)28-5-2/h6-19,25H,4-5H2,1-3H3. The summed E-state index contributed by atoms with van der Waals surface area (Å²) >= 11 is 0. The van der Waals surface area contributed by atoms with Crippen LogP contribution in [0.5, 0.6) is 5.75 Å². The smallest absolute Gasteiger partial charge is 0.119 e. The summed E-state index contributed by atoms with van der Waals surface area (Å²) in [4.78, 5) is 0. The minimum atomic E-state index is 0.362. The number of benzene rings is 3. The van der Waals surface area contributed by atoms with Gasteiger partial charge in [-0.2, -0.15) is 0 Å². The maximum Gasteiger partial charge on any atom is 0.119 e. The molecule has 2 atom stereocenters. The van der Waals surface area contributed by atoms with Crippen molar-refractivity contribution in [3.8, 4) is 5.75 Å². The van der Waals surface area contributed by atoms with Crippen molar-refractivity contribution in [2.45, 2.75) is 39.0 Å². The Hall–Kier alpha value is -2.80. The predicted octanol–water partition coefficient (Wildman–Crippen LogP) is 7.28. The third kappa shape index (κ3) is 3.49. The van der Waals surface area contributed by atoms with Gasteiger partial charge in [-0.15, -0.1) is 0 Å². The molecule has 1 aliphatic rings. The first-order valence-corrected chi connectivity index (χ1v) is 10.3. The molecule has 1 aliphatic carbocycles. The van der Waals surface area contributed by atoms with Crippen LogP contribution in [0.2, 0.25) is 0 Å². The fourth-order valence-electron chi connectivity index (χ4n) is 4.30. The monoisotopic (exact) mass is 368 g/mol. The Morgan fingerprint density at radius 2 is 1.46 bits per heavy atom. The fourth-order valence-corrected chi connectivity index (χ4v) is 4.30. The first-order valence-electron chi connectivity index (χ1n) is 10.3. The number of allylic oxidation sites excluding steroid dienone is 1. The Kier molecular flexibility index (Phi) is 5.34. The van der Waals surface area contributed by atoms with E-state index in [4.69, 9.17) is 4.74 Å². The molecule has 0 bridgehead atoms. The van der Waals surface area contributed by atoms with Crippen molar-refractivity contribution < 1.29 is 4.74 Å². The largest absolute Gasteiger partial charge is 0.494 e. The Labute approximate surface area is 168 Å². The third-order valence-electron chi connectivity index (χ3n) is 5.90. The quantitative estimate of drug-likeness (QED) is 0.444. The van der Waals surface area contributed by atoms with E-state index in [9.17, 15) is 0 Å². The summed E-state index contributed by atoms with van der Waals surface area (Å²) in [6, 6.07) is 26.4. The highest BCUT2D eigenvalue weighted by Gasteiger charge is 2.24. The third-order valence-corrected chi connectivity index (χ3v) is 5.90. The average Bonchev–Trinajstić information content (AvgIpc) is 3.13. The molecule has 0 heterocycles. The number of ether oxygens (including phenoxy) is 1. The van der Waals surface area contributed by atoms with E-state index in [1.165, 1.54) is 33.4 Å². The molecule has 0 saturated heterocycles. The van der Waals surface area contributed by atoms with Gasteiger partial charge in [-0.25, -0.2) is 0 Å². The lowest BCUT2D eigenvalue weighted by molar-refractivity contribution is 0.340. The van der Waals surface area contributed by atoms with Crippen LogP contribution in [0, 0.1) is 0 Å². The summed E-state index contributed by atoms with van der Waals surface area (Å²) in [7, 11) is 0. The van der Waals surface area contributed by atoms with Crippen LogP contribution in [-0.2, 0) is 0 Å². The molecular formula is C27H28O. The van der Waals surface area contributed by atoms with Crippen molar-refractivity contribution in [2.24, 2.45) is 0 Å². The van der Waals surface area contributed by atoms with E-state index in [1.54, 1.807) is 0 Å². The van der Waals surface area contributed by atoms with Crippen molar-refractivity contribution in [1.29, 1.82) is 0 Å². The van der Waals surface area contributed by atoms with Crippen molar-refractivity contribution >= 4 is 11.6 Å². The first-order chi connectivity index (χ1) is 13.7. The van der Waals surface area contributed by atoms with Gasteiger partial charge in [0.05, 0.1) is 6.61 Å². The average molecular weight is 369 g/mol. The first kappa shape index (κ1) is 18.6. The second kappa shape index (κ2) is 8.06. The maximum atomic E-state index is 5.56. The summed E-state index contributed by atoms with van der Waals surface area (Å²) in [6.45, 7) is 7.27.